The molecule has 1 heterocycles. The third kappa shape index (κ3) is 4.15. The van der Waals surface area contributed by atoms with Crippen LogP contribution in [0.5, 0.6) is 0 Å². The summed E-state index contributed by atoms with van der Waals surface area (Å²) < 4.78 is 0. The summed E-state index contributed by atoms with van der Waals surface area (Å²) >= 11 is 0. The maximum Gasteiger partial charge on any atom is 0.326 e. The van der Waals surface area contributed by atoms with Crippen LogP contribution in [0.2, 0.25) is 0 Å². The van der Waals surface area contributed by atoms with Gasteiger partial charge in [0.15, 0.2) is 0 Å². The van der Waals surface area contributed by atoms with Gasteiger partial charge in [-0.1, -0.05) is 49.1 Å². The standard InChI is InChI=1S/C21H29N3O3/c1-15-8-7-9-16(12-15)14-24(17-10-5-4-6-11-17)19(25)13-18-20(26)23(3)21(27)22(18)2/h7-9,12,17-18H,4-6,10-11,13-14H2,1-3H3/t18-/m0/s1. The number of benzene rings is 1. The lowest BCUT2D eigenvalue weighted by atomic mass is 9.93. The number of amides is 4. The SMILES string of the molecule is Cc1cccc(CN(C(=O)C[C@H]2C(=O)N(C)C(=O)N2C)C2CCCCC2)c1. The fourth-order valence-electron chi connectivity index (χ4n) is 4.18. The summed E-state index contributed by atoms with van der Waals surface area (Å²) in [7, 11) is 3.06. The van der Waals surface area contributed by atoms with E-state index in [9.17, 15) is 14.4 Å². The first-order valence-electron chi connectivity index (χ1n) is 9.78. The number of carbonyl (C=O) groups excluding carboxylic acids is 3. The Labute approximate surface area is 161 Å². The first-order chi connectivity index (χ1) is 12.9. The van der Waals surface area contributed by atoms with E-state index in [0.29, 0.717) is 6.54 Å². The van der Waals surface area contributed by atoms with Crippen molar-refractivity contribution < 1.29 is 14.4 Å². The number of carbonyl (C=O) groups is 3. The van der Waals surface area contributed by atoms with Crippen LogP contribution < -0.4 is 0 Å². The zero-order chi connectivity index (χ0) is 19.6. The van der Waals surface area contributed by atoms with Crippen LogP contribution in [0, 0.1) is 6.92 Å². The van der Waals surface area contributed by atoms with Crippen molar-refractivity contribution in [2.75, 3.05) is 14.1 Å². The first kappa shape index (κ1) is 19.4. The molecule has 0 spiro atoms. The van der Waals surface area contributed by atoms with Gasteiger partial charge in [-0.05, 0) is 25.3 Å². The van der Waals surface area contributed by atoms with Crippen LogP contribution in [0.1, 0.15) is 49.7 Å². The Balaban J connectivity index is 1.78. The number of hydrogen-bond acceptors (Lipinski definition) is 3. The third-order valence-corrected chi connectivity index (χ3v) is 5.81. The lowest BCUT2D eigenvalue weighted by Crippen LogP contribution is -2.44. The van der Waals surface area contributed by atoms with Gasteiger partial charge < -0.3 is 9.80 Å². The molecule has 6 nitrogen and oxygen atoms in total. The Morgan fingerprint density at radius 2 is 1.85 bits per heavy atom. The fraction of sp³-hybridized carbons (Fsp3) is 0.571. The molecule has 4 amide bonds. The van der Waals surface area contributed by atoms with E-state index in [2.05, 4.69) is 6.07 Å². The van der Waals surface area contributed by atoms with Crippen molar-refractivity contribution in [1.82, 2.24) is 14.7 Å². The Morgan fingerprint density at radius 1 is 1.15 bits per heavy atom. The number of aryl methyl sites for hydroxylation is 1. The number of imide groups is 1. The summed E-state index contributed by atoms with van der Waals surface area (Å²) in [6.45, 7) is 2.60. The van der Waals surface area contributed by atoms with Gasteiger partial charge in [0.25, 0.3) is 5.91 Å². The number of rotatable bonds is 5. The quantitative estimate of drug-likeness (QED) is 0.748. The summed E-state index contributed by atoms with van der Waals surface area (Å²) in [5, 5.41) is 0. The number of hydrogen-bond donors (Lipinski definition) is 0. The van der Waals surface area contributed by atoms with E-state index < -0.39 is 6.04 Å². The van der Waals surface area contributed by atoms with Gasteiger partial charge in [-0.15, -0.1) is 0 Å². The topological polar surface area (TPSA) is 60.9 Å². The maximum atomic E-state index is 13.2. The minimum Gasteiger partial charge on any atom is -0.335 e. The highest BCUT2D eigenvalue weighted by Crippen LogP contribution is 2.26. The summed E-state index contributed by atoms with van der Waals surface area (Å²) in [4.78, 5) is 42.0. The molecule has 0 aromatic heterocycles. The van der Waals surface area contributed by atoms with Crippen LogP contribution >= 0.6 is 0 Å². The Kier molecular flexibility index (Phi) is 5.82. The second-order valence-electron chi connectivity index (χ2n) is 7.81. The number of likely N-dealkylation sites (N-methyl/N-ethyl adjacent to an activating group) is 2. The molecule has 3 rings (SSSR count). The van der Waals surface area contributed by atoms with Crippen LogP contribution in [0.4, 0.5) is 4.79 Å². The maximum absolute atomic E-state index is 13.2. The van der Waals surface area contributed by atoms with Gasteiger partial charge in [-0.3, -0.25) is 14.5 Å². The average Bonchev–Trinajstić information content (AvgIpc) is 2.84. The molecule has 1 aliphatic carbocycles. The molecule has 1 atom stereocenters. The van der Waals surface area contributed by atoms with Crippen LogP contribution in [0.25, 0.3) is 0 Å². The fourth-order valence-corrected chi connectivity index (χ4v) is 4.18. The molecule has 0 radical (unpaired) electrons. The molecule has 1 saturated heterocycles. The monoisotopic (exact) mass is 371 g/mol. The van der Waals surface area contributed by atoms with Gasteiger partial charge in [0.05, 0.1) is 6.42 Å². The minimum absolute atomic E-state index is 0.0447. The van der Waals surface area contributed by atoms with Gasteiger partial charge in [-0.25, -0.2) is 4.79 Å². The zero-order valence-electron chi connectivity index (χ0n) is 16.5. The van der Waals surface area contributed by atoms with E-state index in [1.807, 2.05) is 30.0 Å². The second kappa shape index (κ2) is 8.11. The molecule has 0 N–H and O–H groups in total. The van der Waals surface area contributed by atoms with Crippen molar-refractivity contribution in [3.05, 3.63) is 35.4 Å². The van der Waals surface area contributed by atoms with Crippen molar-refractivity contribution in [2.24, 2.45) is 0 Å². The molecule has 2 fully saturated rings. The summed E-state index contributed by atoms with van der Waals surface area (Å²) in [6, 6.07) is 7.37. The molecule has 0 unspecified atom stereocenters. The molecule has 1 aromatic carbocycles. The van der Waals surface area contributed by atoms with Crippen molar-refractivity contribution in [2.45, 2.75) is 64.1 Å². The predicted octanol–water partition coefficient (Wildman–Crippen LogP) is 2.94. The smallest absolute Gasteiger partial charge is 0.326 e. The zero-order valence-corrected chi connectivity index (χ0v) is 16.5. The largest absolute Gasteiger partial charge is 0.335 e. The van der Waals surface area contributed by atoms with Gasteiger partial charge >= 0.3 is 6.03 Å². The molecular formula is C21H29N3O3. The molecule has 1 aromatic rings. The summed E-state index contributed by atoms with van der Waals surface area (Å²) in [6.07, 6.45) is 5.53. The van der Waals surface area contributed by atoms with Crippen molar-refractivity contribution in [3.63, 3.8) is 0 Å². The van der Waals surface area contributed by atoms with E-state index in [0.717, 1.165) is 36.1 Å². The van der Waals surface area contributed by atoms with Crippen LogP contribution in [-0.4, -0.2) is 58.7 Å². The predicted molar refractivity (Wildman–Crippen MR) is 103 cm³/mol. The van der Waals surface area contributed by atoms with Gasteiger partial charge in [0.2, 0.25) is 5.91 Å². The number of nitrogens with zero attached hydrogens (tertiary/aromatic N) is 3. The molecule has 146 valence electrons. The second-order valence-corrected chi connectivity index (χ2v) is 7.81. The minimum atomic E-state index is -0.696. The van der Waals surface area contributed by atoms with Crippen molar-refractivity contribution in [1.29, 1.82) is 0 Å². The molecule has 27 heavy (non-hydrogen) atoms. The van der Waals surface area contributed by atoms with E-state index >= 15 is 0 Å². The van der Waals surface area contributed by atoms with E-state index in [-0.39, 0.29) is 30.3 Å². The molecule has 2 aliphatic rings. The van der Waals surface area contributed by atoms with Crippen LogP contribution in [-0.2, 0) is 16.1 Å². The normalized spacial score (nSPS) is 21.1. The third-order valence-electron chi connectivity index (χ3n) is 5.81. The van der Waals surface area contributed by atoms with Gasteiger partial charge in [0, 0.05) is 26.7 Å². The highest BCUT2D eigenvalue weighted by Gasteiger charge is 2.42. The molecule has 1 aliphatic heterocycles. The molecule has 6 heteroatoms. The first-order valence-corrected chi connectivity index (χ1v) is 9.78. The Bertz CT molecular complexity index is 727. The highest BCUT2D eigenvalue weighted by atomic mass is 16.2. The molecule has 1 saturated carbocycles. The van der Waals surface area contributed by atoms with Gasteiger partial charge in [0.1, 0.15) is 6.04 Å². The molecule has 0 bridgehead atoms. The average molecular weight is 371 g/mol. The van der Waals surface area contributed by atoms with Crippen molar-refractivity contribution in [3.8, 4) is 0 Å². The van der Waals surface area contributed by atoms with E-state index in [1.165, 1.54) is 23.9 Å². The lowest BCUT2D eigenvalue weighted by Gasteiger charge is -2.35. The van der Waals surface area contributed by atoms with Crippen molar-refractivity contribution >= 4 is 17.8 Å². The Morgan fingerprint density at radius 3 is 2.44 bits per heavy atom. The lowest BCUT2D eigenvalue weighted by molar-refractivity contribution is -0.139. The van der Waals surface area contributed by atoms with E-state index in [1.54, 1.807) is 7.05 Å². The Hall–Kier alpha value is -2.37. The summed E-state index contributed by atoms with van der Waals surface area (Å²) in [5.41, 5.74) is 2.27. The molecular weight excluding hydrogens is 342 g/mol. The van der Waals surface area contributed by atoms with Crippen LogP contribution in [0.15, 0.2) is 24.3 Å². The van der Waals surface area contributed by atoms with Gasteiger partial charge in [-0.2, -0.15) is 0 Å². The number of urea groups is 1. The van der Waals surface area contributed by atoms with E-state index in [4.69, 9.17) is 0 Å². The van der Waals surface area contributed by atoms with Crippen LogP contribution in [0.3, 0.4) is 0 Å². The summed E-state index contributed by atoms with van der Waals surface area (Å²) in [5.74, 6) is -0.341. The highest BCUT2D eigenvalue weighted by molar-refractivity contribution is 6.05.